The highest BCUT2D eigenvalue weighted by molar-refractivity contribution is 7.89. The predicted octanol–water partition coefficient (Wildman–Crippen LogP) is 2.53. The Bertz CT molecular complexity index is 1130. The number of sulfonamides is 1. The number of benzene rings is 3. The van der Waals surface area contributed by atoms with Crippen LogP contribution in [-0.4, -0.2) is 56.4 Å². The van der Waals surface area contributed by atoms with E-state index in [9.17, 15) is 13.2 Å². The van der Waals surface area contributed by atoms with Crippen LogP contribution in [0.15, 0.2) is 71.6 Å². The number of anilines is 1. The standard InChI is InChI=1S/C22H22N2O4S/c25-16-22(26)18-5-8-20(9-6-18)23-11-13-24(14-12-23)29(27,28)21-10-7-17-3-1-2-4-19(17)15-21/h1-10,15,25H,11-14,16H2. The zero-order chi connectivity index (χ0) is 20.4. The Morgan fingerprint density at radius 2 is 1.52 bits per heavy atom. The molecule has 150 valence electrons. The summed E-state index contributed by atoms with van der Waals surface area (Å²) in [6.45, 7) is 1.42. The third kappa shape index (κ3) is 3.89. The molecule has 0 aliphatic carbocycles. The molecule has 0 saturated carbocycles. The normalized spacial score (nSPS) is 15.6. The van der Waals surface area contributed by atoms with Gasteiger partial charge in [-0.2, -0.15) is 4.31 Å². The van der Waals surface area contributed by atoms with Gasteiger partial charge in [-0.1, -0.05) is 30.3 Å². The summed E-state index contributed by atoms with van der Waals surface area (Å²) in [4.78, 5) is 13.9. The van der Waals surface area contributed by atoms with Crippen LogP contribution < -0.4 is 4.90 Å². The van der Waals surface area contributed by atoms with Gasteiger partial charge in [-0.25, -0.2) is 8.42 Å². The van der Waals surface area contributed by atoms with Crippen LogP contribution in [0.2, 0.25) is 0 Å². The van der Waals surface area contributed by atoms with Crippen molar-refractivity contribution in [3.05, 3.63) is 72.3 Å². The third-order valence-electron chi connectivity index (χ3n) is 5.30. The topological polar surface area (TPSA) is 77.9 Å². The van der Waals surface area contributed by atoms with Crippen LogP contribution in [0.1, 0.15) is 10.4 Å². The number of nitrogens with zero attached hydrogens (tertiary/aromatic N) is 2. The van der Waals surface area contributed by atoms with Crippen LogP contribution in [0.25, 0.3) is 10.8 Å². The molecule has 1 aliphatic rings. The fourth-order valence-electron chi connectivity index (χ4n) is 3.61. The molecule has 0 amide bonds. The molecule has 4 rings (SSSR count). The number of aliphatic hydroxyl groups excluding tert-OH is 1. The second-order valence-electron chi connectivity index (χ2n) is 7.03. The number of Topliss-reactive ketones (excluding diaryl/α,β-unsaturated/α-hetero) is 1. The maximum Gasteiger partial charge on any atom is 0.243 e. The van der Waals surface area contributed by atoms with Gasteiger partial charge in [0.1, 0.15) is 6.61 Å². The summed E-state index contributed by atoms with van der Waals surface area (Å²) in [5.41, 5.74) is 1.40. The molecule has 0 spiro atoms. The van der Waals surface area contributed by atoms with Gasteiger partial charge in [0.2, 0.25) is 10.0 Å². The van der Waals surface area contributed by atoms with Crippen LogP contribution in [-0.2, 0) is 10.0 Å². The van der Waals surface area contributed by atoms with Crippen molar-refractivity contribution in [2.45, 2.75) is 4.90 Å². The molecule has 3 aromatic carbocycles. The van der Waals surface area contributed by atoms with E-state index in [4.69, 9.17) is 5.11 Å². The van der Waals surface area contributed by atoms with E-state index in [0.29, 0.717) is 36.6 Å². The van der Waals surface area contributed by atoms with E-state index in [0.717, 1.165) is 16.5 Å². The molecule has 0 atom stereocenters. The van der Waals surface area contributed by atoms with Crippen molar-refractivity contribution in [1.29, 1.82) is 0 Å². The van der Waals surface area contributed by atoms with Crippen molar-refractivity contribution >= 4 is 32.3 Å². The molecule has 29 heavy (non-hydrogen) atoms. The fourth-order valence-corrected chi connectivity index (χ4v) is 5.07. The Morgan fingerprint density at radius 1 is 0.862 bits per heavy atom. The van der Waals surface area contributed by atoms with Gasteiger partial charge < -0.3 is 10.0 Å². The molecule has 1 aliphatic heterocycles. The lowest BCUT2D eigenvalue weighted by atomic mass is 10.1. The molecular weight excluding hydrogens is 388 g/mol. The lowest BCUT2D eigenvalue weighted by molar-refractivity contribution is 0.0903. The number of rotatable bonds is 5. The minimum atomic E-state index is -3.55. The summed E-state index contributed by atoms with van der Waals surface area (Å²) < 4.78 is 27.7. The Morgan fingerprint density at radius 3 is 2.17 bits per heavy atom. The number of piperazine rings is 1. The third-order valence-corrected chi connectivity index (χ3v) is 7.19. The van der Waals surface area contributed by atoms with Crippen LogP contribution in [0.5, 0.6) is 0 Å². The second kappa shape index (κ2) is 7.94. The number of carbonyl (C=O) groups excluding carboxylic acids is 1. The van der Waals surface area contributed by atoms with E-state index in [1.165, 1.54) is 4.31 Å². The maximum absolute atomic E-state index is 13.1. The Balaban J connectivity index is 1.47. The van der Waals surface area contributed by atoms with E-state index in [1.54, 1.807) is 24.3 Å². The van der Waals surface area contributed by atoms with Gasteiger partial charge >= 0.3 is 0 Å². The summed E-state index contributed by atoms with van der Waals surface area (Å²) in [6, 6.07) is 20.0. The van der Waals surface area contributed by atoms with E-state index < -0.39 is 16.6 Å². The molecule has 0 radical (unpaired) electrons. The number of carbonyl (C=O) groups is 1. The lowest BCUT2D eigenvalue weighted by Gasteiger charge is -2.35. The summed E-state index contributed by atoms with van der Waals surface area (Å²) in [5, 5.41) is 10.9. The van der Waals surface area contributed by atoms with Gasteiger partial charge in [-0.3, -0.25) is 4.79 Å². The summed E-state index contributed by atoms with van der Waals surface area (Å²) >= 11 is 0. The first-order chi connectivity index (χ1) is 14.0. The molecule has 1 fully saturated rings. The molecular formula is C22H22N2O4S. The zero-order valence-corrected chi connectivity index (χ0v) is 16.7. The Labute approximate surface area is 170 Å². The largest absolute Gasteiger partial charge is 0.388 e. The van der Waals surface area contributed by atoms with E-state index in [-0.39, 0.29) is 5.78 Å². The van der Waals surface area contributed by atoms with Crippen LogP contribution >= 0.6 is 0 Å². The second-order valence-corrected chi connectivity index (χ2v) is 8.97. The van der Waals surface area contributed by atoms with Crippen molar-refractivity contribution in [3.63, 3.8) is 0 Å². The summed E-state index contributed by atoms with van der Waals surface area (Å²) in [7, 11) is -3.55. The highest BCUT2D eigenvalue weighted by Crippen LogP contribution is 2.24. The molecule has 7 heteroatoms. The molecule has 1 heterocycles. The average Bonchev–Trinajstić information content (AvgIpc) is 2.78. The number of aliphatic hydroxyl groups is 1. The van der Waals surface area contributed by atoms with Gasteiger partial charge in [0.05, 0.1) is 4.90 Å². The minimum Gasteiger partial charge on any atom is -0.388 e. The van der Waals surface area contributed by atoms with Crippen molar-refractivity contribution in [3.8, 4) is 0 Å². The van der Waals surface area contributed by atoms with Crippen LogP contribution in [0.4, 0.5) is 5.69 Å². The maximum atomic E-state index is 13.1. The van der Waals surface area contributed by atoms with E-state index >= 15 is 0 Å². The smallest absolute Gasteiger partial charge is 0.243 e. The van der Waals surface area contributed by atoms with Crippen LogP contribution in [0.3, 0.4) is 0 Å². The molecule has 0 aromatic heterocycles. The zero-order valence-electron chi connectivity index (χ0n) is 15.9. The number of fused-ring (bicyclic) bond motifs is 1. The monoisotopic (exact) mass is 410 g/mol. The molecule has 0 bridgehead atoms. The highest BCUT2D eigenvalue weighted by atomic mass is 32.2. The molecule has 0 unspecified atom stereocenters. The number of hydrogen-bond donors (Lipinski definition) is 1. The number of ketones is 1. The van der Waals surface area contributed by atoms with E-state index in [2.05, 4.69) is 4.90 Å². The van der Waals surface area contributed by atoms with Gasteiger partial charge in [0, 0.05) is 37.4 Å². The van der Waals surface area contributed by atoms with Crippen molar-refractivity contribution in [1.82, 2.24) is 4.31 Å². The highest BCUT2D eigenvalue weighted by Gasteiger charge is 2.28. The van der Waals surface area contributed by atoms with Gasteiger partial charge in [-0.05, 0) is 47.2 Å². The fraction of sp³-hybridized carbons (Fsp3) is 0.227. The van der Waals surface area contributed by atoms with Crippen molar-refractivity contribution < 1.29 is 18.3 Å². The first kappa shape index (κ1) is 19.6. The van der Waals surface area contributed by atoms with Gasteiger partial charge in [0.25, 0.3) is 0 Å². The molecule has 6 nitrogen and oxygen atoms in total. The predicted molar refractivity (Wildman–Crippen MR) is 113 cm³/mol. The quantitative estimate of drug-likeness (QED) is 0.654. The van der Waals surface area contributed by atoms with Crippen molar-refractivity contribution in [2.24, 2.45) is 0 Å². The van der Waals surface area contributed by atoms with Crippen molar-refractivity contribution in [2.75, 3.05) is 37.7 Å². The average molecular weight is 410 g/mol. The minimum absolute atomic E-state index is 0.316. The SMILES string of the molecule is O=C(CO)c1ccc(N2CCN(S(=O)(=O)c3ccc4ccccc4c3)CC2)cc1. The summed E-state index contributed by atoms with van der Waals surface area (Å²) in [5.74, 6) is -0.317. The van der Waals surface area contributed by atoms with Crippen LogP contribution in [0, 0.1) is 0 Å². The molecule has 1 saturated heterocycles. The first-order valence-corrected chi connectivity index (χ1v) is 10.9. The summed E-state index contributed by atoms with van der Waals surface area (Å²) in [6.07, 6.45) is 0. The molecule has 3 aromatic rings. The lowest BCUT2D eigenvalue weighted by Crippen LogP contribution is -2.48. The Hall–Kier alpha value is -2.74. The van der Waals surface area contributed by atoms with Gasteiger partial charge in [-0.15, -0.1) is 0 Å². The van der Waals surface area contributed by atoms with Gasteiger partial charge in [0.15, 0.2) is 5.78 Å². The molecule has 1 N–H and O–H groups in total. The number of hydrogen-bond acceptors (Lipinski definition) is 5. The Kier molecular flexibility index (Phi) is 5.36. The van der Waals surface area contributed by atoms with E-state index in [1.807, 2.05) is 42.5 Å². The first-order valence-electron chi connectivity index (χ1n) is 9.47.